The van der Waals surface area contributed by atoms with Gasteiger partial charge in [-0.1, -0.05) is 34.6 Å². The summed E-state index contributed by atoms with van der Waals surface area (Å²) in [5.74, 6) is 0.911. The number of hydrogen-bond donors (Lipinski definition) is 0. The highest BCUT2D eigenvalue weighted by Crippen LogP contribution is 2.37. The van der Waals surface area contributed by atoms with Gasteiger partial charge >= 0.3 is 0 Å². The number of aryl methyl sites for hydroxylation is 1. The average molecular weight is 291 g/mol. The lowest BCUT2D eigenvalue weighted by Crippen LogP contribution is -1.94. The smallest absolute Gasteiger partial charge is 0.134 e. The second kappa shape index (κ2) is 4.53. The molecule has 0 aliphatic rings. The van der Waals surface area contributed by atoms with Gasteiger partial charge in [-0.05, 0) is 42.5 Å². The Bertz CT molecular complexity index is 599. The first kappa shape index (κ1) is 12.2. The van der Waals surface area contributed by atoms with Crippen LogP contribution in [0.4, 0.5) is 0 Å². The number of hydrogen-bond acceptors (Lipinski definition) is 1. The van der Waals surface area contributed by atoms with Gasteiger partial charge in [0.1, 0.15) is 5.75 Å². The summed E-state index contributed by atoms with van der Waals surface area (Å²) in [7, 11) is 1.71. The molecule has 0 spiro atoms. The number of fused-ring (bicyclic) bond motifs is 1. The van der Waals surface area contributed by atoms with Gasteiger partial charge in [0.25, 0.3) is 0 Å². The van der Waals surface area contributed by atoms with E-state index in [1.54, 1.807) is 7.11 Å². The Balaban J connectivity index is 2.92. The van der Waals surface area contributed by atoms with Crippen molar-refractivity contribution in [2.75, 3.05) is 7.11 Å². The van der Waals surface area contributed by atoms with Crippen molar-refractivity contribution < 1.29 is 4.74 Å². The van der Waals surface area contributed by atoms with Crippen molar-refractivity contribution in [3.63, 3.8) is 0 Å². The van der Waals surface area contributed by atoms with E-state index in [0.29, 0.717) is 0 Å². The Morgan fingerprint density at radius 3 is 2.59 bits per heavy atom. The molecule has 0 fully saturated rings. The minimum Gasteiger partial charge on any atom is -0.495 e. The lowest BCUT2D eigenvalue weighted by atomic mass is 9.96. The third-order valence-corrected chi connectivity index (χ3v) is 3.38. The molecule has 0 N–H and O–H groups in total. The quantitative estimate of drug-likeness (QED) is 0.760. The van der Waals surface area contributed by atoms with Crippen molar-refractivity contribution in [2.24, 2.45) is 0 Å². The van der Waals surface area contributed by atoms with E-state index in [-0.39, 0.29) is 0 Å². The highest BCUT2D eigenvalue weighted by Gasteiger charge is 2.12. The summed E-state index contributed by atoms with van der Waals surface area (Å²) < 4.78 is 6.63. The van der Waals surface area contributed by atoms with Crippen molar-refractivity contribution in [1.82, 2.24) is 0 Å². The molecule has 0 unspecified atom stereocenters. The first-order valence-corrected chi connectivity index (χ1v) is 6.26. The van der Waals surface area contributed by atoms with Crippen LogP contribution in [0.1, 0.15) is 18.1 Å². The van der Waals surface area contributed by atoms with Crippen molar-refractivity contribution in [2.45, 2.75) is 13.8 Å². The van der Waals surface area contributed by atoms with E-state index >= 15 is 0 Å². The summed E-state index contributed by atoms with van der Waals surface area (Å²) in [6.07, 6.45) is 0. The maximum absolute atomic E-state index is 5.57. The monoisotopic (exact) mass is 290 g/mol. The van der Waals surface area contributed by atoms with E-state index in [2.05, 4.69) is 47.6 Å². The molecule has 0 aromatic heterocycles. The minimum atomic E-state index is 0.911. The van der Waals surface area contributed by atoms with Gasteiger partial charge in [0.05, 0.1) is 7.11 Å². The zero-order valence-corrected chi connectivity index (χ0v) is 11.9. The molecule has 2 rings (SSSR count). The third kappa shape index (κ3) is 2.09. The molecule has 2 aromatic carbocycles. The van der Waals surface area contributed by atoms with Crippen LogP contribution in [0.15, 0.2) is 35.3 Å². The Kier molecular flexibility index (Phi) is 3.25. The standard InChI is InChI=1S/C15H15BrO/c1-9(2)14-10(3)7-11-5-6-12(16)8-13(11)15(14)17-4/h5-8H,1H2,2-4H3. The van der Waals surface area contributed by atoms with Gasteiger partial charge in [0.15, 0.2) is 0 Å². The van der Waals surface area contributed by atoms with Crippen LogP contribution in [0.5, 0.6) is 5.75 Å². The van der Waals surface area contributed by atoms with Crippen LogP contribution in [0.25, 0.3) is 16.3 Å². The fraction of sp³-hybridized carbons (Fsp3) is 0.200. The molecule has 1 nitrogen and oxygen atoms in total. The molecule has 2 heteroatoms. The fourth-order valence-electron chi connectivity index (χ4n) is 2.21. The fourth-order valence-corrected chi connectivity index (χ4v) is 2.57. The molecule has 0 saturated heterocycles. The molecule has 0 atom stereocenters. The number of ether oxygens (including phenoxy) is 1. The molecular formula is C15H15BrO. The summed E-state index contributed by atoms with van der Waals surface area (Å²) in [5, 5.41) is 2.30. The van der Waals surface area contributed by atoms with Crippen LogP contribution in [0.2, 0.25) is 0 Å². The predicted molar refractivity (Wildman–Crippen MR) is 77.6 cm³/mol. The molecule has 0 heterocycles. The van der Waals surface area contributed by atoms with E-state index < -0.39 is 0 Å². The molecule has 0 aliphatic carbocycles. The number of halogens is 1. The minimum absolute atomic E-state index is 0.911. The van der Waals surface area contributed by atoms with E-state index in [1.165, 1.54) is 10.9 Å². The Morgan fingerprint density at radius 1 is 1.29 bits per heavy atom. The maximum Gasteiger partial charge on any atom is 0.134 e. The van der Waals surface area contributed by atoms with E-state index in [9.17, 15) is 0 Å². The summed E-state index contributed by atoms with van der Waals surface area (Å²) in [6.45, 7) is 8.13. The molecule has 17 heavy (non-hydrogen) atoms. The maximum atomic E-state index is 5.57. The van der Waals surface area contributed by atoms with Gasteiger partial charge in [-0.3, -0.25) is 0 Å². The highest BCUT2D eigenvalue weighted by molar-refractivity contribution is 9.10. The van der Waals surface area contributed by atoms with Gasteiger partial charge < -0.3 is 4.74 Å². The molecular weight excluding hydrogens is 276 g/mol. The molecule has 0 saturated carbocycles. The first-order chi connectivity index (χ1) is 8.04. The van der Waals surface area contributed by atoms with Crippen LogP contribution in [0, 0.1) is 6.92 Å². The number of benzene rings is 2. The second-order valence-electron chi connectivity index (χ2n) is 4.25. The molecule has 88 valence electrons. The van der Waals surface area contributed by atoms with Gasteiger partial charge in [-0.15, -0.1) is 0 Å². The molecule has 2 aromatic rings. The highest BCUT2D eigenvalue weighted by atomic mass is 79.9. The third-order valence-electron chi connectivity index (χ3n) is 2.88. The second-order valence-corrected chi connectivity index (χ2v) is 5.16. The molecule has 0 radical (unpaired) electrons. The zero-order chi connectivity index (χ0) is 12.6. The van der Waals surface area contributed by atoms with E-state index in [1.807, 2.05) is 13.0 Å². The molecule has 0 aliphatic heterocycles. The normalized spacial score (nSPS) is 10.6. The number of rotatable bonds is 2. The first-order valence-electron chi connectivity index (χ1n) is 5.47. The van der Waals surface area contributed by atoms with Crippen LogP contribution >= 0.6 is 15.9 Å². The predicted octanol–water partition coefficient (Wildman–Crippen LogP) is 4.95. The van der Waals surface area contributed by atoms with E-state index in [0.717, 1.165) is 26.7 Å². The van der Waals surface area contributed by atoms with Crippen LogP contribution < -0.4 is 4.74 Å². The Morgan fingerprint density at radius 2 is 2.00 bits per heavy atom. The van der Waals surface area contributed by atoms with Crippen molar-refractivity contribution in [1.29, 1.82) is 0 Å². The summed E-state index contributed by atoms with van der Waals surface area (Å²) >= 11 is 3.50. The van der Waals surface area contributed by atoms with Gasteiger partial charge in [0.2, 0.25) is 0 Å². The summed E-state index contributed by atoms with van der Waals surface area (Å²) in [4.78, 5) is 0. The molecule has 0 amide bonds. The van der Waals surface area contributed by atoms with Crippen molar-refractivity contribution >= 4 is 32.3 Å². The number of methoxy groups -OCH3 is 1. The van der Waals surface area contributed by atoms with Gasteiger partial charge in [0, 0.05) is 15.4 Å². The van der Waals surface area contributed by atoms with Crippen LogP contribution in [0.3, 0.4) is 0 Å². The Labute approximate surface area is 110 Å². The Hall–Kier alpha value is -1.28. The number of allylic oxidation sites excluding steroid dienone is 1. The molecule has 0 bridgehead atoms. The van der Waals surface area contributed by atoms with Crippen LogP contribution in [-0.2, 0) is 0 Å². The van der Waals surface area contributed by atoms with Crippen LogP contribution in [-0.4, -0.2) is 7.11 Å². The SMILES string of the molecule is C=C(C)c1c(C)cc2ccc(Br)cc2c1OC. The average Bonchev–Trinajstić information content (AvgIpc) is 2.27. The van der Waals surface area contributed by atoms with Crippen molar-refractivity contribution in [3.8, 4) is 5.75 Å². The summed E-state index contributed by atoms with van der Waals surface area (Å²) in [6, 6.07) is 8.40. The largest absolute Gasteiger partial charge is 0.495 e. The van der Waals surface area contributed by atoms with Gasteiger partial charge in [-0.2, -0.15) is 0 Å². The van der Waals surface area contributed by atoms with Crippen molar-refractivity contribution in [3.05, 3.63) is 46.4 Å². The van der Waals surface area contributed by atoms with E-state index in [4.69, 9.17) is 4.74 Å². The zero-order valence-electron chi connectivity index (χ0n) is 10.3. The summed E-state index contributed by atoms with van der Waals surface area (Å²) in [5.41, 5.74) is 3.34. The lowest BCUT2D eigenvalue weighted by Gasteiger charge is -2.15. The lowest BCUT2D eigenvalue weighted by molar-refractivity contribution is 0.418. The van der Waals surface area contributed by atoms with Gasteiger partial charge in [-0.25, -0.2) is 0 Å². The topological polar surface area (TPSA) is 9.23 Å².